The van der Waals surface area contributed by atoms with Crippen LogP contribution in [-0.2, 0) is 22.6 Å². The molecule has 1 aliphatic heterocycles. The number of carbonyl (C=O) groups is 2. The van der Waals surface area contributed by atoms with Gasteiger partial charge in [0.1, 0.15) is 17.3 Å². The van der Waals surface area contributed by atoms with Crippen LogP contribution in [0.4, 0.5) is 5.69 Å². The van der Waals surface area contributed by atoms with Crippen LogP contribution in [0.5, 0.6) is 5.75 Å². The van der Waals surface area contributed by atoms with Crippen molar-refractivity contribution in [2.75, 3.05) is 12.0 Å². The van der Waals surface area contributed by atoms with E-state index in [1.807, 2.05) is 109 Å². The number of aliphatic imine (C=N–C) groups is 1. The van der Waals surface area contributed by atoms with Crippen molar-refractivity contribution in [3.63, 3.8) is 0 Å². The summed E-state index contributed by atoms with van der Waals surface area (Å²) in [5, 5.41) is 2.95. The molecule has 6 heteroatoms. The number of ether oxygens (including phenoxy) is 1. The predicted molar refractivity (Wildman–Crippen MR) is 150 cm³/mol. The fraction of sp³-hybridized carbons (Fsp3) is 0.0938. The molecular formula is C32H27N3O3. The number of hydrogen-bond donors (Lipinski definition) is 1. The van der Waals surface area contributed by atoms with E-state index < -0.39 is 0 Å². The van der Waals surface area contributed by atoms with Gasteiger partial charge in [0.2, 0.25) is 5.91 Å². The van der Waals surface area contributed by atoms with Crippen LogP contribution < -0.4 is 15.0 Å². The third kappa shape index (κ3) is 5.71. The zero-order valence-electron chi connectivity index (χ0n) is 21.0. The van der Waals surface area contributed by atoms with Gasteiger partial charge < -0.3 is 10.1 Å². The van der Waals surface area contributed by atoms with Gasteiger partial charge in [-0.25, -0.2) is 4.99 Å². The molecule has 0 aromatic heterocycles. The van der Waals surface area contributed by atoms with Gasteiger partial charge in [-0.3, -0.25) is 14.5 Å². The van der Waals surface area contributed by atoms with Crippen molar-refractivity contribution >= 4 is 29.4 Å². The lowest BCUT2D eigenvalue weighted by atomic mass is 10.1. The first-order valence-electron chi connectivity index (χ1n) is 12.3. The minimum Gasteiger partial charge on any atom is -0.497 e. The van der Waals surface area contributed by atoms with E-state index in [0.29, 0.717) is 23.8 Å². The van der Waals surface area contributed by atoms with Gasteiger partial charge in [-0.05, 0) is 47.0 Å². The van der Waals surface area contributed by atoms with Gasteiger partial charge in [0.15, 0.2) is 0 Å². The molecule has 2 amide bonds. The molecule has 0 spiro atoms. The molecule has 1 aliphatic rings. The summed E-state index contributed by atoms with van der Waals surface area (Å²) < 4.78 is 5.23. The molecule has 38 heavy (non-hydrogen) atoms. The average Bonchev–Trinajstić information content (AvgIpc) is 3.29. The molecule has 0 unspecified atom stereocenters. The van der Waals surface area contributed by atoms with Crippen LogP contribution in [0, 0.1) is 0 Å². The summed E-state index contributed by atoms with van der Waals surface area (Å²) in [4.78, 5) is 32.3. The molecule has 4 aromatic carbocycles. The maximum atomic E-state index is 13.6. The smallest absolute Gasteiger partial charge is 0.282 e. The van der Waals surface area contributed by atoms with Crippen molar-refractivity contribution < 1.29 is 14.3 Å². The van der Waals surface area contributed by atoms with Gasteiger partial charge in [-0.2, -0.15) is 0 Å². The number of nitrogens with one attached hydrogen (secondary N) is 1. The van der Waals surface area contributed by atoms with E-state index in [1.165, 1.54) is 0 Å². The van der Waals surface area contributed by atoms with Gasteiger partial charge in [0.05, 0.1) is 19.2 Å². The van der Waals surface area contributed by atoms with Crippen LogP contribution in [0.1, 0.15) is 22.3 Å². The first-order chi connectivity index (χ1) is 18.6. The molecule has 188 valence electrons. The van der Waals surface area contributed by atoms with Gasteiger partial charge in [0, 0.05) is 12.1 Å². The molecule has 0 radical (unpaired) electrons. The zero-order chi connectivity index (χ0) is 26.3. The second-order valence-corrected chi connectivity index (χ2v) is 8.85. The van der Waals surface area contributed by atoms with E-state index in [-0.39, 0.29) is 18.2 Å². The highest BCUT2D eigenvalue weighted by atomic mass is 16.5. The maximum Gasteiger partial charge on any atom is 0.282 e. The minimum atomic E-state index is -0.215. The molecule has 5 rings (SSSR count). The lowest BCUT2D eigenvalue weighted by molar-refractivity contribution is -0.120. The number of carbonyl (C=O) groups excluding carboxylic acids is 2. The van der Waals surface area contributed by atoms with Crippen molar-refractivity contribution in [1.29, 1.82) is 0 Å². The molecule has 6 nitrogen and oxygen atoms in total. The molecule has 0 aliphatic carbocycles. The predicted octanol–water partition coefficient (Wildman–Crippen LogP) is 5.39. The lowest BCUT2D eigenvalue weighted by Crippen LogP contribution is -2.32. The molecule has 0 bridgehead atoms. The molecule has 0 atom stereocenters. The summed E-state index contributed by atoms with van der Waals surface area (Å²) in [6.07, 6.45) is 2.03. The summed E-state index contributed by atoms with van der Waals surface area (Å²) in [5.41, 5.74) is 4.63. The van der Waals surface area contributed by atoms with Crippen molar-refractivity contribution in [1.82, 2.24) is 5.32 Å². The van der Waals surface area contributed by atoms with Crippen LogP contribution in [0.2, 0.25) is 0 Å². The molecule has 0 saturated heterocycles. The number of methoxy groups -OCH3 is 1. The molecule has 1 heterocycles. The molecule has 0 fully saturated rings. The van der Waals surface area contributed by atoms with Crippen molar-refractivity contribution in [2.45, 2.75) is 13.0 Å². The summed E-state index contributed by atoms with van der Waals surface area (Å²) >= 11 is 0. The summed E-state index contributed by atoms with van der Waals surface area (Å²) in [6, 6.07) is 34.4. The third-order valence-electron chi connectivity index (χ3n) is 6.20. The Balaban J connectivity index is 1.35. The Kier molecular flexibility index (Phi) is 7.41. The van der Waals surface area contributed by atoms with Crippen molar-refractivity contribution in [3.05, 3.63) is 137 Å². The number of anilines is 1. The minimum absolute atomic E-state index is 0.0601. The Morgan fingerprint density at radius 1 is 0.842 bits per heavy atom. The highest BCUT2D eigenvalue weighted by Gasteiger charge is 2.32. The molecule has 4 aromatic rings. The zero-order valence-corrected chi connectivity index (χ0v) is 21.0. The van der Waals surface area contributed by atoms with E-state index >= 15 is 0 Å². The SMILES string of the molecule is COc1ccc(C=C2N=C(c3ccccc3)N(c3ccc(CC(=O)NCc4ccccc4)cc3)C2=O)cc1. The van der Waals surface area contributed by atoms with Gasteiger partial charge in [-0.1, -0.05) is 84.9 Å². The number of amidine groups is 1. The van der Waals surface area contributed by atoms with Gasteiger partial charge in [0.25, 0.3) is 5.91 Å². The molecule has 1 N–H and O–H groups in total. The Hall–Kier alpha value is -4.97. The number of benzene rings is 4. The standard InChI is InChI=1S/C32H27N3O3/c1-38-28-18-14-23(15-19-28)20-29-32(37)35(31(34-29)26-10-6-3-7-11-26)27-16-12-24(13-17-27)21-30(36)33-22-25-8-4-2-5-9-25/h2-20H,21-22H2,1H3,(H,33,36). The number of nitrogens with zero attached hydrogens (tertiary/aromatic N) is 2. The maximum absolute atomic E-state index is 13.6. The highest BCUT2D eigenvalue weighted by Crippen LogP contribution is 2.28. The average molecular weight is 502 g/mol. The fourth-order valence-electron chi connectivity index (χ4n) is 4.20. The molecular weight excluding hydrogens is 474 g/mol. The topological polar surface area (TPSA) is 71.0 Å². The van der Waals surface area contributed by atoms with E-state index in [2.05, 4.69) is 5.32 Å². The Labute approximate surface area is 221 Å². The lowest BCUT2D eigenvalue weighted by Gasteiger charge is -2.19. The quantitative estimate of drug-likeness (QED) is 0.329. The van der Waals surface area contributed by atoms with E-state index in [0.717, 1.165) is 28.0 Å². The summed E-state index contributed by atoms with van der Waals surface area (Å²) in [7, 11) is 1.62. The van der Waals surface area contributed by atoms with Gasteiger partial charge >= 0.3 is 0 Å². The first-order valence-corrected chi connectivity index (χ1v) is 12.3. The number of amides is 2. The number of hydrogen-bond acceptors (Lipinski definition) is 4. The second kappa shape index (κ2) is 11.4. The number of rotatable bonds is 8. The van der Waals surface area contributed by atoms with Crippen LogP contribution in [0.25, 0.3) is 6.08 Å². The normalized spacial score (nSPS) is 13.9. The van der Waals surface area contributed by atoms with E-state index in [1.54, 1.807) is 18.1 Å². The summed E-state index contributed by atoms with van der Waals surface area (Å²) in [6.45, 7) is 0.486. The molecule has 0 saturated carbocycles. The van der Waals surface area contributed by atoms with Crippen LogP contribution in [0.15, 0.2) is 120 Å². The van der Waals surface area contributed by atoms with Crippen molar-refractivity contribution in [3.8, 4) is 5.75 Å². The third-order valence-corrected chi connectivity index (χ3v) is 6.20. The Morgan fingerprint density at radius 3 is 2.16 bits per heavy atom. The summed E-state index contributed by atoms with van der Waals surface area (Å²) in [5.74, 6) is 1.03. The van der Waals surface area contributed by atoms with Gasteiger partial charge in [-0.15, -0.1) is 0 Å². The Morgan fingerprint density at radius 2 is 1.50 bits per heavy atom. The highest BCUT2D eigenvalue weighted by molar-refractivity contribution is 6.33. The van der Waals surface area contributed by atoms with Crippen LogP contribution in [-0.4, -0.2) is 24.8 Å². The Bertz CT molecular complexity index is 1480. The van der Waals surface area contributed by atoms with E-state index in [4.69, 9.17) is 9.73 Å². The second-order valence-electron chi connectivity index (χ2n) is 8.85. The van der Waals surface area contributed by atoms with E-state index in [9.17, 15) is 9.59 Å². The monoisotopic (exact) mass is 501 g/mol. The van der Waals surface area contributed by atoms with Crippen molar-refractivity contribution in [2.24, 2.45) is 4.99 Å². The van der Waals surface area contributed by atoms with Crippen LogP contribution in [0.3, 0.4) is 0 Å². The first kappa shape index (κ1) is 24.7. The van der Waals surface area contributed by atoms with Crippen LogP contribution >= 0.6 is 0 Å². The fourth-order valence-corrected chi connectivity index (χ4v) is 4.20. The largest absolute Gasteiger partial charge is 0.497 e.